The zero-order valence-electron chi connectivity index (χ0n) is 10.7. The van der Waals surface area contributed by atoms with E-state index < -0.39 is 0 Å². The Morgan fingerprint density at radius 1 is 1.11 bits per heavy atom. The van der Waals surface area contributed by atoms with Crippen molar-refractivity contribution in [2.45, 2.75) is 13.3 Å². The van der Waals surface area contributed by atoms with Gasteiger partial charge in [-0.15, -0.1) is 0 Å². The smallest absolute Gasteiger partial charge is 0.128 e. The SMILES string of the molecule is Cc1nc(N(C)CCc2ccccc2)ccc1Br. The normalized spacial score (nSPS) is 10.4. The van der Waals surface area contributed by atoms with Crippen LogP contribution in [0.15, 0.2) is 46.9 Å². The summed E-state index contributed by atoms with van der Waals surface area (Å²) in [7, 11) is 2.08. The molecule has 18 heavy (non-hydrogen) atoms. The van der Waals surface area contributed by atoms with Crippen LogP contribution in [-0.2, 0) is 6.42 Å². The highest BCUT2D eigenvalue weighted by molar-refractivity contribution is 9.10. The monoisotopic (exact) mass is 304 g/mol. The molecule has 0 bridgehead atoms. The Morgan fingerprint density at radius 2 is 1.83 bits per heavy atom. The molecule has 1 heterocycles. The lowest BCUT2D eigenvalue weighted by molar-refractivity contribution is 0.855. The van der Waals surface area contributed by atoms with Gasteiger partial charge in [0.15, 0.2) is 0 Å². The summed E-state index contributed by atoms with van der Waals surface area (Å²) in [5, 5.41) is 0. The summed E-state index contributed by atoms with van der Waals surface area (Å²) in [5.74, 6) is 1.02. The number of rotatable bonds is 4. The highest BCUT2D eigenvalue weighted by Gasteiger charge is 2.04. The van der Waals surface area contributed by atoms with Crippen molar-refractivity contribution in [1.82, 2.24) is 4.98 Å². The summed E-state index contributed by atoms with van der Waals surface area (Å²) in [6.07, 6.45) is 1.04. The lowest BCUT2D eigenvalue weighted by atomic mass is 10.1. The van der Waals surface area contributed by atoms with E-state index in [1.165, 1.54) is 5.56 Å². The van der Waals surface area contributed by atoms with Crippen LogP contribution in [-0.4, -0.2) is 18.6 Å². The molecule has 2 aromatic rings. The van der Waals surface area contributed by atoms with E-state index in [2.05, 4.69) is 63.2 Å². The van der Waals surface area contributed by atoms with Crippen LogP contribution in [0.3, 0.4) is 0 Å². The van der Waals surface area contributed by atoms with Crippen molar-refractivity contribution in [3.63, 3.8) is 0 Å². The molecule has 1 aromatic heterocycles. The fourth-order valence-corrected chi connectivity index (χ4v) is 2.02. The van der Waals surface area contributed by atoms with Crippen LogP contribution >= 0.6 is 15.9 Å². The number of pyridine rings is 1. The average Bonchev–Trinajstić information content (AvgIpc) is 2.40. The van der Waals surface area contributed by atoms with Crippen molar-refractivity contribution in [1.29, 1.82) is 0 Å². The molecule has 3 heteroatoms. The highest BCUT2D eigenvalue weighted by atomic mass is 79.9. The zero-order chi connectivity index (χ0) is 13.0. The van der Waals surface area contributed by atoms with Gasteiger partial charge in [-0.3, -0.25) is 0 Å². The molecule has 0 saturated carbocycles. The number of benzene rings is 1. The molecular formula is C15H17BrN2. The number of hydrogen-bond acceptors (Lipinski definition) is 2. The molecule has 0 N–H and O–H groups in total. The Morgan fingerprint density at radius 3 is 2.50 bits per heavy atom. The molecule has 1 aromatic carbocycles. The van der Waals surface area contributed by atoms with Crippen LogP contribution in [0.25, 0.3) is 0 Å². The third kappa shape index (κ3) is 3.33. The summed E-state index contributed by atoms with van der Waals surface area (Å²) < 4.78 is 1.06. The second-order valence-electron chi connectivity index (χ2n) is 4.39. The van der Waals surface area contributed by atoms with Gasteiger partial charge >= 0.3 is 0 Å². The molecular weight excluding hydrogens is 288 g/mol. The van der Waals surface area contributed by atoms with Gasteiger partial charge < -0.3 is 4.90 Å². The number of nitrogens with zero attached hydrogens (tertiary/aromatic N) is 2. The van der Waals surface area contributed by atoms with E-state index in [9.17, 15) is 0 Å². The van der Waals surface area contributed by atoms with E-state index in [4.69, 9.17) is 0 Å². The van der Waals surface area contributed by atoms with E-state index in [1.807, 2.05) is 19.1 Å². The van der Waals surface area contributed by atoms with Crippen LogP contribution in [0.1, 0.15) is 11.3 Å². The minimum Gasteiger partial charge on any atom is -0.359 e. The summed E-state index contributed by atoms with van der Waals surface area (Å²) in [4.78, 5) is 6.75. The molecule has 2 nitrogen and oxygen atoms in total. The average molecular weight is 305 g/mol. The lowest BCUT2D eigenvalue weighted by Gasteiger charge is -2.18. The van der Waals surface area contributed by atoms with Gasteiger partial charge in [0.2, 0.25) is 0 Å². The van der Waals surface area contributed by atoms with Crippen molar-refractivity contribution in [2.75, 3.05) is 18.5 Å². The first kappa shape index (κ1) is 13.1. The Balaban J connectivity index is 1.99. The Bertz CT molecular complexity index is 511. The molecule has 0 unspecified atom stereocenters. The first-order valence-corrected chi connectivity index (χ1v) is 6.84. The number of hydrogen-bond donors (Lipinski definition) is 0. The van der Waals surface area contributed by atoms with Crippen LogP contribution in [0.2, 0.25) is 0 Å². The molecule has 0 radical (unpaired) electrons. The van der Waals surface area contributed by atoms with Gasteiger partial charge in [0.1, 0.15) is 5.82 Å². The van der Waals surface area contributed by atoms with Gasteiger partial charge in [0.25, 0.3) is 0 Å². The summed E-state index contributed by atoms with van der Waals surface area (Å²) in [6.45, 7) is 2.98. The van der Waals surface area contributed by atoms with Crippen molar-refractivity contribution in [2.24, 2.45) is 0 Å². The predicted molar refractivity (Wildman–Crippen MR) is 80.1 cm³/mol. The third-order valence-corrected chi connectivity index (χ3v) is 3.81. The predicted octanol–water partition coefficient (Wildman–Crippen LogP) is 3.83. The largest absolute Gasteiger partial charge is 0.359 e. The highest BCUT2D eigenvalue weighted by Crippen LogP contribution is 2.18. The maximum absolute atomic E-state index is 4.56. The second-order valence-corrected chi connectivity index (χ2v) is 5.25. The minimum atomic E-state index is 0.970. The zero-order valence-corrected chi connectivity index (χ0v) is 12.3. The number of likely N-dealkylation sites (N-methyl/N-ethyl adjacent to an activating group) is 1. The first-order chi connectivity index (χ1) is 8.66. The summed E-state index contributed by atoms with van der Waals surface area (Å²) in [5.41, 5.74) is 2.39. The van der Waals surface area contributed by atoms with Gasteiger partial charge in [-0.05, 0) is 47.0 Å². The number of aromatic nitrogens is 1. The van der Waals surface area contributed by atoms with E-state index in [1.54, 1.807) is 0 Å². The molecule has 0 atom stereocenters. The van der Waals surface area contributed by atoms with Gasteiger partial charge in [0, 0.05) is 18.1 Å². The van der Waals surface area contributed by atoms with Crippen molar-refractivity contribution >= 4 is 21.7 Å². The van der Waals surface area contributed by atoms with Crippen molar-refractivity contribution < 1.29 is 0 Å². The third-order valence-electron chi connectivity index (χ3n) is 2.98. The van der Waals surface area contributed by atoms with E-state index in [0.717, 1.165) is 29.0 Å². The molecule has 0 aliphatic rings. The van der Waals surface area contributed by atoms with Crippen LogP contribution < -0.4 is 4.90 Å². The Hall–Kier alpha value is -1.35. The van der Waals surface area contributed by atoms with E-state index >= 15 is 0 Å². The molecule has 0 fully saturated rings. The fraction of sp³-hybridized carbons (Fsp3) is 0.267. The lowest BCUT2D eigenvalue weighted by Crippen LogP contribution is -2.21. The number of aryl methyl sites for hydroxylation is 1. The molecule has 2 rings (SSSR count). The first-order valence-electron chi connectivity index (χ1n) is 6.05. The van der Waals surface area contributed by atoms with Crippen LogP contribution in [0.5, 0.6) is 0 Å². The van der Waals surface area contributed by atoms with Crippen molar-refractivity contribution in [3.05, 3.63) is 58.2 Å². The molecule has 0 aliphatic heterocycles. The molecule has 0 aliphatic carbocycles. The van der Waals surface area contributed by atoms with Gasteiger partial charge in [-0.25, -0.2) is 4.98 Å². The Kier molecular flexibility index (Phi) is 4.37. The molecule has 0 spiro atoms. The second kappa shape index (κ2) is 6.01. The van der Waals surface area contributed by atoms with E-state index in [-0.39, 0.29) is 0 Å². The van der Waals surface area contributed by atoms with E-state index in [0.29, 0.717) is 0 Å². The quantitative estimate of drug-likeness (QED) is 0.853. The maximum Gasteiger partial charge on any atom is 0.128 e. The summed E-state index contributed by atoms with van der Waals surface area (Å²) >= 11 is 3.47. The van der Waals surface area contributed by atoms with Gasteiger partial charge in [-0.1, -0.05) is 30.3 Å². The number of halogens is 1. The van der Waals surface area contributed by atoms with Gasteiger partial charge in [0.05, 0.1) is 5.69 Å². The topological polar surface area (TPSA) is 16.1 Å². The number of anilines is 1. The fourth-order valence-electron chi connectivity index (χ4n) is 1.80. The molecule has 94 valence electrons. The minimum absolute atomic E-state index is 0.970. The summed E-state index contributed by atoms with van der Waals surface area (Å²) in [6, 6.07) is 14.6. The Labute approximate surface area is 117 Å². The molecule has 0 amide bonds. The standard InChI is InChI=1S/C15H17BrN2/c1-12-14(16)8-9-15(17-12)18(2)11-10-13-6-4-3-5-7-13/h3-9H,10-11H2,1-2H3. The van der Waals surface area contributed by atoms with Crippen LogP contribution in [0.4, 0.5) is 5.82 Å². The maximum atomic E-state index is 4.56. The van der Waals surface area contributed by atoms with Gasteiger partial charge in [-0.2, -0.15) is 0 Å². The van der Waals surface area contributed by atoms with Crippen molar-refractivity contribution in [3.8, 4) is 0 Å². The molecule has 0 saturated heterocycles. The van der Waals surface area contributed by atoms with Crippen LogP contribution in [0, 0.1) is 6.92 Å².